The predicted molar refractivity (Wildman–Crippen MR) is 108 cm³/mol. The number of benzene rings is 2. The molecule has 0 radical (unpaired) electrons. The molecule has 0 bridgehead atoms. The quantitative estimate of drug-likeness (QED) is 0.512. The van der Waals surface area contributed by atoms with Gasteiger partial charge in [0.1, 0.15) is 0 Å². The average Bonchev–Trinajstić information content (AvgIpc) is 2.64. The fourth-order valence-electron chi connectivity index (χ4n) is 4.30. The molecule has 0 saturated heterocycles. The molecule has 5 heteroatoms. The Hall–Kier alpha value is -1.26. The van der Waals surface area contributed by atoms with Gasteiger partial charge < -0.3 is 5.32 Å². The summed E-state index contributed by atoms with van der Waals surface area (Å²) < 4.78 is 38.7. The fourth-order valence-corrected chi connectivity index (χ4v) is 4.30. The largest absolute Gasteiger partial charge is 0.391 e. The van der Waals surface area contributed by atoms with E-state index >= 15 is 0 Å². The molecule has 0 amide bonds. The third kappa shape index (κ3) is 5.86. The molecule has 2 aromatic rings. The Bertz CT molecular complexity index is 711. The number of halogens is 4. The van der Waals surface area contributed by atoms with Crippen LogP contribution in [0.25, 0.3) is 10.8 Å². The van der Waals surface area contributed by atoms with Gasteiger partial charge in [-0.05, 0) is 61.4 Å². The second-order valence-corrected chi connectivity index (χ2v) is 7.66. The van der Waals surface area contributed by atoms with Gasteiger partial charge in [-0.3, -0.25) is 0 Å². The molecule has 1 nitrogen and oxygen atoms in total. The van der Waals surface area contributed by atoms with E-state index in [4.69, 9.17) is 0 Å². The normalized spacial score (nSPS) is 21.6. The Morgan fingerprint density at radius 3 is 2.59 bits per heavy atom. The van der Waals surface area contributed by atoms with Crippen molar-refractivity contribution in [2.24, 2.45) is 11.8 Å². The molecule has 1 N–H and O–H groups in total. The summed E-state index contributed by atoms with van der Waals surface area (Å²) in [7, 11) is 0. The third-order valence-corrected chi connectivity index (χ3v) is 5.78. The van der Waals surface area contributed by atoms with Crippen molar-refractivity contribution in [3.05, 3.63) is 48.0 Å². The van der Waals surface area contributed by atoms with E-state index in [1.54, 1.807) is 0 Å². The van der Waals surface area contributed by atoms with E-state index in [0.29, 0.717) is 19.3 Å². The summed E-state index contributed by atoms with van der Waals surface area (Å²) >= 11 is 0. The zero-order valence-corrected chi connectivity index (χ0v) is 16.6. The van der Waals surface area contributed by atoms with Gasteiger partial charge >= 0.3 is 6.18 Å². The maximum absolute atomic E-state index is 12.9. The van der Waals surface area contributed by atoms with Crippen LogP contribution >= 0.6 is 12.4 Å². The van der Waals surface area contributed by atoms with Crippen LogP contribution in [0.2, 0.25) is 0 Å². The number of fused-ring (bicyclic) bond motifs is 1. The van der Waals surface area contributed by atoms with Gasteiger partial charge in [0, 0.05) is 6.04 Å². The lowest BCUT2D eigenvalue weighted by Crippen LogP contribution is -2.29. The van der Waals surface area contributed by atoms with Crippen LogP contribution in [0.5, 0.6) is 0 Å². The van der Waals surface area contributed by atoms with Crippen LogP contribution in [-0.4, -0.2) is 12.7 Å². The van der Waals surface area contributed by atoms with Crippen LogP contribution in [0, 0.1) is 11.8 Å². The molecule has 0 aromatic heterocycles. The molecule has 3 rings (SSSR count). The SMILES string of the molecule is C[C@@H](NCCCC1CCCC(C(F)(F)F)C1)c1cccc2ccccc12.Cl. The number of hydrogen-bond donors (Lipinski definition) is 1. The summed E-state index contributed by atoms with van der Waals surface area (Å²) in [6.45, 7) is 3.00. The van der Waals surface area contributed by atoms with Crippen molar-refractivity contribution in [1.82, 2.24) is 5.32 Å². The van der Waals surface area contributed by atoms with Gasteiger partial charge in [0.15, 0.2) is 0 Å². The molecule has 3 atom stereocenters. The molecule has 150 valence electrons. The molecule has 1 fully saturated rings. The van der Waals surface area contributed by atoms with Crippen molar-refractivity contribution < 1.29 is 13.2 Å². The van der Waals surface area contributed by atoms with Crippen molar-refractivity contribution in [2.75, 3.05) is 6.54 Å². The summed E-state index contributed by atoms with van der Waals surface area (Å²) in [5.74, 6) is -0.853. The topological polar surface area (TPSA) is 12.0 Å². The first-order valence-corrected chi connectivity index (χ1v) is 9.73. The van der Waals surface area contributed by atoms with Crippen LogP contribution < -0.4 is 5.32 Å². The van der Waals surface area contributed by atoms with Crippen LogP contribution in [-0.2, 0) is 0 Å². The zero-order valence-electron chi connectivity index (χ0n) is 15.8. The monoisotopic (exact) mass is 399 g/mol. The van der Waals surface area contributed by atoms with Crippen LogP contribution in [0.1, 0.15) is 57.1 Å². The summed E-state index contributed by atoms with van der Waals surface area (Å²) in [4.78, 5) is 0. The van der Waals surface area contributed by atoms with Crippen LogP contribution in [0.4, 0.5) is 13.2 Å². The lowest BCUT2D eigenvalue weighted by Gasteiger charge is -2.30. The Kier molecular flexibility index (Phi) is 7.99. The Morgan fingerprint density at radius 2 is 1.81 bits per heavy atom. The van der Waals surface area contributed by atoms with Gasteiger partial charge in [-0.2, -0.15) is 13.2 Å². The van der Waals surface area contributed by atoms with Crippen LogP contribution in [0.3, 0.4) is 0 Å². The molecule has 2 unspecified atom stereocenters. The molecule has 2 aromatic carbocycles. The highest BCUT2D eigenvalue weighted by atomic mass is 35.5. The predicted octanol–water partition coefficient (Wildman–Crippen LogP) is 7.06. The van der Waals surface area contributed by atoms with Gasteiger partial charge in [0.2, 0.25) is 0 Å². The second kappa shape index (κ2) is 9.79. The number of rotatable bonds is 6. The first-order chi connectivity index (χ1) is 12.4. The number of hydrogen-bond acceptors (Lipinski definition) is 1. The smallest absolute Gasteiger partial charge is 0.310 e. The molecule has 0 heterocycles. The maximum atomic E-state index is 12.9. The summed E-state index contributed by atoms with van der Waals surface area (Å²) in [6.07, 6.45) is 0.116. The molecule has 0 aliphatic heterocycles. The molecule has 27 heavy (non-hydrogen) atoms. The van der Waals surface area contributed by atoms with E-state index < -0.39 is 12.1 Å². The Labute approximate surface area is 166 Å². The van der Waals surface area contributed by atoms with E-state index in [1.807, 2.05) is 6.07 Å². The van der Waals surface area contributed by atoms with E-state index in [0.717, 1.165) is 25.8 Å². The molecular weight excluding hydrogens is 371 g/mol. The van der Waals surface area contributed by atoms with Crippen molar-refractivity contribution in [3.63, 3.8) is 0 Å². The Morgan fingerprint density at radius 1 is 1.07 bits per heavy atom. The van der Waals surface area contributed by atoms with E-state index in [2.05, 4.69) is 48.6 Å². The van der Waals surface area contributed by atoms with E-state index in [1.165, 1.54) is 16.3 Å². The molecule has 1 saturated carbocycles. The standard InChI is InChI=1S/C22H28F3N.ClH/c1-16(20-13-5-10-18-9-2-3-12-21(18)20)26-14-6-8-17-7-4-11-19(15-17)22(23,24)25;/h2-3,5,9-10,12-13,16-17,19,26H,4,6-8,11,14-15H2,1H3;1H/t16-,17?,19?;/m1./s1. The Balaban J connectivity index is 0.00000261. The maximum Gasteiger partial charge on any atom is 0.391 e. The van der Waals surface area contributed by atoms with E-state index in [9.17, 15) is 13.2 Å². The first kappa shape index (κ1) is 22.0. The highest BCUT2D eigenvalue weighted by Crippen LogP contribution is 2.41. The van der Waals surface area contributed by atoms with Crippen LogP contribution in [0.15, 0.2) is 42.5 Å². The van der Waals surface area contributed by atoms with Gasteiger partial charge in [-0.1, -0.05) is 55.3 Å². The summed E-state index contributed by atoms with van der Waals surface area (Å²) in [6, 6.07) is 14.9. The summed E-state index contributed by atoms with van der Waals surface area (Å²) in [5.41, 5.74) is 1.28. The van der Waals surface area contributed by atoms with Gasteiger partial charge in [0.25, 0.3) is 0 Å². The minimum absolute atomic E-state index is 0. The van der Waals surface area contributed by atoms with Gasteiger partial charge in [-0.15, -0.1) is 12.4 Å². The minimum Gasteiger partial charge on any atom is -0.310 e. The van der Waals surface area contributed by atoms with Crippen molar-refractivity contribution >= 4 is 23.2 Å². The lowest BCUT2D eigenvalue weighted by molar-refractivity contribution is -0.185. The third-order valence-electron chi connectivity index (χ3n) is 5.78. The average molecular weight is 400 g/mol. The summed E-state index contributed by atoms with van der Waals surface area (Å²) in [5, 5.41) is 6.04. The molecular formula is C22H29ClF3N. The van der Waals surface area contributed by atoms with Gasteiger partial charge in [0.05, 0.1) is 5.92 Å². The second-order valence-electron chi connectivity index (χ2n) is 7.66. The molecule has 0 spiro atoms. The molecule has 1 aliphatic carbocycles. The highest BCUT2D eigenvalue weighted by molar-refractivity contribution is 5.86. The minimum atomic E-state index is -4.01. The van der Waals surface area contributed by atoms with Gasteiger partial charge in [-0.25, -0.2) is 0 Å². The zero-order chi connectivity index (χ0) is 18.6. The van der Waals surface area contributed by atoms with E-state index in [-0.39, 0.29) is 24.4 Å². The van der Waals surface area contributed by atoms with Crippen molar-refractivity contribution in [3.8, 4) is 0 Å². The number of alkyl halides is 3. The fraction of sp³-hybridized carbons (Fsp3) is 0.545. The first-order valence-electron chi connectivity index (χ1n) is 9.73. The number of nitrogens with one attached hydrogen (secondary N) is 1. The lowest BCUT2D eigenvalue weighted by atomic mass is 9.79. The highest BCUT2D eigenvalue weighted by Gasteiger charge is 2.41. The van der Waals surface area contributed by atoms with Crippen molar-refractivity contribution in [2.45, 2.75) is 57.7 Å². The van der Waals surface area contributed by atoms with Crippen molar-refractivity contribution in [1.29, 1.82) is 0 Å². The molecule has 1 aliphatic rings.